The predicted molar refractivity (Wildman–Crippen MR) is 92.7 cm³/mol. The van der Waals surface area contributed by atoms with E-state index in [1.165, 1.54) is 29.8 Å². The SMILES string of the molecule is O=[N+]([O-])OCCNCCNc1c2c(nc3ccccc13)CCCC2. The van der Waals surface area contributed by atoms with Crippen LogP contribution >= 0.6 is 0 Å². The first-order chi connectivity index (χ1) is 11.8. The zero-order valence-electron chi connectivity index (χ0n) is 13.6. The number of pyridine rings is 1. The molecular formula is C17H22N4O3. The number of nitrogens with zero attached hydrogens (tertiary/aromatic N) is 2. The van der Waals surface area contributed by atoms with Gasteiger partial charge < -0.3 is 15.5 Å². The largest absolute Gasteiger partial charge is 0.383 e. The van der Waals surface area contributed by atoms with Gasteiger partial charge in [0.1, 0.15) is 6.61 Å². The molecule has 1 aromatic carbocycles. The molecule has 1 heterocycles. The van der Waals surface area contributed by atoms with Crippen molar-refractivity contribution < 1.29 is 9.92 Å². The number of hydrogen-bond acceptors (Lipinski definition) is 6. The van der Waals surface area contributed by atoms with E-state index in [0.29, 0.717) is 13.1 Å². The molecule has 0 fully saturated rings. The Morgan fingerprint density at radius 1 is 1.17 bits per heavy atom. The zero-order chi connectivity index (χ0) is 16.8. The second-order valence-corrected chi connectivity index (χ2v) is 5.87. The number of para-hydroxylation sites is 1. The van der Waals surface area contributed by atoms with Crippen molar-refractivity contribution in [3.63, 3.8) is 0 Å². The standard InChI is InChI=1S/C17H22N4O3/c22-21(23)24-12-11-18-9-10-19-17-13-5-1-3-7-15(13)20-16-8-4-2-6-14(16)17/h1,3,5,7,18H,2,4,6,8-12H2,(H,19,20). The normalized spacial score (nSPS) is 13.5. The van der Waals surface area contributed by atoms with Crippen molar-refractivity contribution in [3.05, 3.63) is 45.6 Å². The average molecular weight is 330 g/mol. The van der Waals surface area contributed by atoms with Crippen molar-refractivity contribution in [2.24, 2.45) is 0 Å². The summed E-state index contributed by atoms with van der Waals surface area (Å²) in [5.74, 6) is 0. The van der Waals surface area contributed by atoms with Crippen molar-refractivity contribution in [1.29, 1.82) is 0 Å². The molecule has 0 saturated heterocycles. The first-order valence-electron chi connectivity index (χ1n) is 8.38. The van der Waals surface area contributed by atoms with Gasteiger partial charge in [0.2, 0.25) is 0 Å². The van der Waals surface area contributed by atoms with E-state index in [0.717, 1.165) is 30.3 Å². The smallest absolute Gasteiger partial charge is 0.294 e. The Morgan fingerprint density at radius 2 is 2.00 bits per heavy atom. The molecule has 1 aliphatic carbocycles. The molecule has 0 atom stereocenters. The molecule has 0 aliphatic heterocycles. The Labute approximate surface area is 140 Å². The molecule has 0 radical (unpaired) electrons. The Kier molecular flexibility index (Phi) is 5.43. The van der Waals surface area contributed by atoms with Crippen LogP contribution in [-0.2, 0) is 17.7 Å². The van der Waals surface area contributed by atoms with Gasteiger partial charge in [-0.2, -0.15) is 0 Å². The highest BCUT2D eigenvalue weighted by molar-refractivity contribution is 5.93. The van der Waals surface area contributed by atoms with Gasteiger partial charge in [-0.25, -0.2) is 0 Å². The van der Waals surface area contributed by atoms with Gasteiger partial charge in [0, 0.05) is 36.4 Å². The third kappa shape index (κ3) is 3.91. The molecule has 3 rings (SSSR count). The summed E-state index contributed by atoms with van der Waals surface area (Å²) in [6.45, 7) is 1.99. The van der Waals surface area contributed by atoms with Gasteiger partial charge in [-0.05, 0) is 37.3 Å². The average Bonchev–Trinajstić information content (AvgIpc) is 2.59. The van der Waals surface area contributed by atoms with Crippen LogP contribution in [0.25, 0.3) is 10.9 Å². The van der Waals surface area contributed by atoms with E-state index in [1.54, 1.807) is 0 Å². The van der Waals surface area contributed by atoms with E-state index in [2.05, 4.69) is 27.6 Å². The molecule has 0 saturated carbocycles. The van der Waals surface area contributed by atoms with Crippen LogP contribution in [0.15, 0.2) is 24.3 Å². The fraction of sp³-hybridized carbons (Fsp3) is 0.471. The quantitative estimate of drug-likeness (QED) is 0.439. The number of fused-ring (bicyclic) bond motifs is 2. The monoisotopic (exact) mass is 330 g/mol. The molecule has 2 aromatic rings. The van der Waals surface area contributed by atoms with Gasteiger partial charge in [-0.3, -0.25) is 4.98 Å². The lowest BCUT2D eigenvalue weighted by atomic mass is 9.92. The number of aryl methyl sites for hydroxylation is 1. The Hall–Kier alpha value is -2.41. The molecule has 128 valence electrons. The van der Waals surface area contributed by atoms with Gasteiger partial charge in [0.25, 0.3) is 5.09 Å². The number of anilines is 1. The van der Waals surface area contributed by atoms with Gasteiger partial charge in [0.15, 0.2) is 0 Å². The lowest BCUT2D eigenvalue weighted by Crippen LogP contribution is -2.27. The number of rotatable bonds is 8. The molecule has 0 bridgehead atoms. The summed E-state index contributed by atoms with van der Waals surface area (Å²) in [6, 6.07) is 8.23. The van der Waals surface area contributed by atoms with Crippen LogP contribution in [0.5, 0.6) is 0 Å². The molecule has 2 N–H and O–H groups in total. The van der Waals surface area contributed by atoms with Gasteiger partial charge in [-0.15, -0.1) is 10.1 Å². The van der Waals surface area contributed by atoms with Crippen LogP contribution in [0.3, 0.4) is 0 Å². The third-order valence-electron chi connectivity index (χ3n) is 4.25. The summed E-state index contributed by atoms with van der Waals surface area (Å²) >= 11 is 0. The van der Waals surface area contributed by atoms with Crippen molar-refractivity contribution in [2.45, 2.75) is 25.7 Å². The van der Waals surface area contributed by atoms with E-state index in [9.17, 15) is 10.1 Å². The predicted octanol–water partition coefficient (Wildman–Crippen LogP) is 2.32. The number of nitrogens with one attached hydrogen (secondary N) is 2. The number of benzene rings is 1. The molecule has 1 aliphatic rings. The van der Waals surface area contributed by atoms with Gasteiger partial charge in [0.05, 0.1) is 5.52 Å². The molecule has 0 spiro atoms. The van der Waals surface area contributed by atoms with Crippen LogP contribution in [0.4, 0.5) is 5.69 Å². The molecule has 24 heavy (non-hydrogen) atoms. The highest BCUT2D eigenvalue weighted by Crippen LogP contribution is 2.32. The molecule has 0 amide bonds. The summed E-state index contributed by atoms with van der Waals surface area (Å²) in [4.78, 5) is 19.2. The van der Waals surface area contributed by atoms with Crippen molar-refractivity contribution in [3.8, 4) is 0 Å². The minimum Gasteiger partial charge on any atom is -0.383 e. The Bertz CT molecular complexity index is 720. The Balaban J connectivity index is 1.64. The van der Waals surface area contributed by atoms with Crippen LogP contribution in [0.1, 0.15) is 24.1 Å². The van der Waals surface area contributed by atoms with Crippen molar-refractivity contribution in [2.75, 3.05) is 31.6 Å². The van der Waals surface area contributed by atoms with Gasteiger partial charge in [-0.1, -0.05) is 18.2 Å². The van der Waals surface area contributed by atoms with Crippen LogP contribution in [-0.4, -0.2) is 36.3 Å². The summed E-state index contributed by atoms with van der Waals surface area (Å²) in [7, 11) is 0. The topological polar surface area (TPSA) is 89.3 Å². The number of hydrogen-bond donors (Lipinski definition) is 2. The maximum Gasteiger partial charge on any atom is 0.294 e. The molecule has 0 unspecified atom stereocenters. The highest BCUT2D eigenvalue weighted by Gasteiger charge is 2.17. The van der Waals surface area contributed by atoms with Crippen molar-refractivity contribution in [1.82, 2.24) is 10.3 Å². The second-order valence-electron chi connectivity index (χ2n) is 5.87. The lowest BCUT2D eigenvalue weighted by Gasteiger charge is -2.21. The first kappa shape index (κ1) is 16.4. The Morgan fingerprint density at radius 3 is 2.88 bits per heavy atom. The fourth-order valence-corrected chi connectivity index (χ4v) is 3.17. The summed E-state index contributed by atoms with van der Waals surface area (Å²) in [6.07, 6.45) is 4.53. The van der Waals surface area contributed by atoms with Crippen LogP contribution in [0, 0.1) is 10.1 Å². The fourth-order valence-electron chi connectivity index (χ4n) is 3.17. The lowest BCUT2D eigenvalue weighted by molar-refractivity contribution is -0.757. The molecule has 7 heteroatoms. The zero-order valence-corrected chi connectivity index (χ0v) is 13.6. The minimum absolute atomic E-state index is 0.0700. The van der Waals surface area contributed by atoms with Crippen LogP contribution in [0.2, 0.25) is 0 Å². The van der Waals surface area contributed by atoms with E-state index in [1.807, 2.05) is 12.1 Å². The van der Waals surface area contributed by atoms with E-state index >= 15 is 0 Å². The van der Waals surface area contributed by atoms with Crippen molar-refractivity contribution >= 4 is 16.6 Å². The second kappa shape index (κ2) is 7.92. The maximum absolute atomic E-state index is 10.1. The van der Waals surface area contributed by atoms with Crippen LogP contribution < -0.4 is 10.6 Å². The summed E-state index contributed by atoms with van der Waals surface area (Å²) in [5.41, 5.74) is 4.79. The van der Waals surface area contributed by atoms with E-state index in [-0.39, 0.29) is 6.61 Å². The van der Waals surface area contributed by atoms with E-state index < -0.39 is 5.09 Å². The maximum atomic E-state index is 10.1. The third-order valence-corrected chi connectivity index (χ3v) is 4.25. The molecule has 7 nitrogen and oxygen atoms in total. The minimum atomic E-state index is -0.769. The first-order valence-corrected chi connectivity index (χ1v) is 8.38. The summed E-state index contributed by atoms with van der Waals surface area (Å²) in [5, 5.41) is 17.1. The summed E-state index contributed by atoms with van der Waals surface area (Å²) < 4.78 is 0. The number of aromatic nitrogens is 1. The highest BCUT2D eigenvalue weighted by atomic mass is 16.9. The van der Waals surface area contributed by atoms with E-state index in [4.69, 9.17) is 4.98 Å². The molecular weight excluding hydrogens is 308 g/mol. The molecule has 1 aromatic heterocycles. The van der Waals surface area contributed by atoms with Gasteiger partial charge >= 0.3 is 0 Å².